The summed E-state index contributed by atoms with van der Waals surface area (Å²) >= 11 is 0. The standard InChI is InChI=1S/C17H23NO3/c1-3-13-6-8-14(9-7-13)11-16(19)18-10-4-5-15(12(18)2)17(20)21/h6-9,12,15H,3-5,10-11H2,1-2H3,(H,20,21)/t12-,15-/m0/s1. The van der Waals surface area contributed by atoms with Gasteiger partial charge in [-0.2, -0.15) is 0 Å². The van der Waals surface area contributed by atoms with Crippen LogP contribution in [0.15, 0.2) is 24.3 Å². The van der Waals surface area contributed by atoms with Crippen molar-refractivity contribution in [3.63, 3.8) is 0 Å². The number of aliphatic carboxylic acids is 1. The van der Waals surface area contributed by atoms with Gasteiger partial charge in [-0.1, -0.05) is 31.2 Å². The summed E-state index contributed by atoms with van der Waals surface area (Å²) in [4.78, 5) is 25.4. The number of benzene rings is 1. The van der Waals surface area contributed by atoms with Crippen LogP contribution in [0, 0.1) is 5.92 Å². The van der Waals surface area contributed by atoms with E-state index in [4.69, 9.17) is 0 Å². The minimum Gasteiger partial charge on any atom is -0.481 e. The van der Waals surface area contributed by atoms with Crippen LogP contribution in [-0.4, -0.2) is 34.5 Å². The summed E-state index contributed by atoms with van der Waals surface area (Å²) in [5, 5.41) is 9.22. The Kier molecular flexibility index (Phi) is 4.99. The van der Waals surface area contributed by atoms with Crippen molar-refractivity contribution in [3.05, 3.63) is 35.4 Å². The number of carbonyl (C=O) groups is 2. The number of aryl methyl sites for hydroxylation is 1. The summed E-state index contributed by atoms with van der Waals surface area (Å²) in [5.41, 5.74) is 2.24. The fraction of sp³-hybridized carbons (Fsp3) is 0.529. The van der Waals surface area contributed by atoms with E-state index in [9.17, 15) is 14.7 Å². The number of hydrogen-bond acceptors (Lipinski definition) is 2. The molecule has 0 bridgehead atoms. The van der Waals surface area contributed by atoms with Gasteiger partial charge in [-0.3, -0.25) is 9.59 Å². The fourth-order valence-corrected chi connectivity index (χ4v) is 2.99. The molecule has 1 aromatic rings. The Labute approximate surface area is 125 Å². The molecule has 2 rings (SSSR count). The van der Waals surface area contributed by atoms with Crippen molar-refractivity contribution in [2.24, 2.45) is 5.92 Å². The Morgan fingerprint density at radius 1 is 1.24 bits per heavy atom. The van der Waals surface area contributed by atoms with Crippen LogP contribution in [0.1, 0.15) is 37.8 Å². The molecule has 0 aliphatic carbocycles. The molecular formula is C17H23NO3. The molecule has 1 N–H and O–H groups in total. The second kappa shape index (κ2) is 6.74. The van der Waals surface area contributed by atoms with Crippen LogP contribution in [0.5, 0.6) is 0 Å². The van der Waals surface area contributed by atoms with Gasteiger partial charge in [0.25, 0.3) is 0 Å². The van der Waals surface area contributed by atoms with E-state index in [2.05, 4.69) is 6.92 Å². The van der Waals surface area contributed by atoms with Crippen LogP contribution < -0.4 is 0 Å². The van der Waals surface area contributed by atoms with Gasteiger partial charge in [0.05, 0.1) is 12.3 Å². The van der Waals surface area contributed by atoms with Gasteiger partial charge in [0.15, 0.2) is 0 Å². The van der Waals surface area contributed by atoms with Crippen molar-refractivity contribution >= 4 is 11.9 Å². The first-order valence-electron chi connectivity index (χ1n) is 7.63. The van der Waals surface area contributed by atoms with Gasteiger partial charge in [0, 0.05) is 12.6 Å². The van der Waals surface area contributed by atoms with Crippen LogP contribution in [-0.2, 0) is 22.4 Å². The van der Waals surface area contributed by atoms with E-state index in [0.29, 0.717) is 19.4 Å². The summed E-state index contributed by atoms with van der Waals surface area (Å²) in [7, 11) is 0. The maximum atomic E-state index is 12.4. The van der Waals surface area contributed by atoms with Gasteiger partial charge in [-0.25, -0.2) is 0 Å². The van der Waals surface area contributed by atoms with Crippen molar-refractivity contribution in [1.29, 1.82) is 0 Å². The zero-order chi connectivity index (χ0) is 15.4. The molecule has 1 aliphatic rings. The Hall–Kier alpha value is -1.84. The molecule has 1 aromatic carbocycles. The number of nitrogens with zero attached hydrogens (tertiary/aromatic N) is 1. The summed E-state index contributed by atoms with van der Waals surface area (Å²) in [6, 6.07) is 7.84. The van der Waals surface area contributed by atoms with E-state index in [-0.39, 0.29) is 11.9 Å². The number of carboxylic acids is 1. The third-order valence-electron chi connectivity index (χ3n) is 4.41. The van der Waals surface area contributed by atoms with Gasteiger partial charge >= 0.3 is 5.97 Å². The van der Waals surface area contributed by atoms with E-state index in [1.165, 1.54) is 5.56 Å². The molecule has 1 heterocycles. The number of rotatable bonds is 4. The van der Waals surface area contributed by atoms with Crippen molar-refractivity contribution < 1.29 is 14.7 Å². The zero-order valence-corrected chi connectivity index (χ0v) is 12.7. The van der Waals surface area contributed by atoms with E-state index in [1.54, 1.807) is 4.90 Å². The maximum absolute atomic E-state index is 12.4. The molecule has 4 nitrogen and oxygen atoms in total. The van der Waals surface area contributed by atoms with Crippen molar-refractivity contribution in [1.82, 2.24) is 4.90 Å². The predicted octanol–water partition coefficient (Wildman–Crippen LogP) is 2.50. The Balaban J connectivity index is 2.03. The summed E-state index contributed by atoms with van der Waals surface area (Å²) < 4.78 is 0. The monoisotopic (exact) mass is 289 g/mol. The highest BCUT2D eigenvalue weighted by atomic mass is 16.4. The van der Waals surface area contributed by atoms with Gasteiger partial charge in [-0.15, -0.1) is 0 Å². The van der Waals surface area contributed by atoms with Gasteiger partial charge in [0.1, 0.15) is 0 Å². The lowest BCUT2D eigenvalue weighted by atomic mass is 9.90. The minimum absolute atomic E-state index is 0.0256. The third-order valence-corrected chi connectivity index (χ3v) is 4.41. The number of amides is 1. The molecule has 0 radical (unpaired) electrons. The maximum Gasteiger partial charge on any atom is 0.308 e. The van der Waals surface area contributed by atoms with Crippen LogP contribution >= 0.6 is 0 Å². The largest absolute Gasteiger partial charge is 0.481 e. The Morgan fingerprint density at radius 2 is 1.86 bits per heavy atom. The van der Waals surface area contributed by atoms with E-state index >= 15 is 0 Å². The topological polar surface area (TPSA) is 57.6 Å². The zero-order valence-electron chi connectivity index (χ0n) is 12.7. The molecule has 21 heavy (non-hydrogen) atoms. The lowest BCUT2D eigenvalue weighted by Crippen LogP contribution is -2.49. The minimum atomic E-state index is -0.799. The Bertz CT molecular complexity index is 509. The lowest BCUT2D eigenvalue weighted by molar-refractivity contribution is -0.148. The van der Waals surface area contributed by atoms with E-state index < -0.39 is 11.9 Å². The van der Waals surface area contributed by atoms with Crippen LogP contribution in [0.3, 0.4) is 0 Å². The quantitative estimate of drug-likeness (QED) is 0.926. The van der Waals surface area contributed by atoms with E-state index in [0.717, 1.165) is 18.4 Å². The molecule has 114 valence electrons. The second-order valence-corrected chi connectivity index (χ2v) is 5.76. The molecule has 1 amide bonds. The second-order valence-electron chi connectivity index (χ2n) is 5.76. The first-order valence-corrected chi connectivity index (χ1v) is 7.63. The van der Waals surface area contributed by atoms with Gasteiger partial charge in [-0.05, 0) is 37.3 Å². The fourth-order valence-electron chi connectivity index (χ4n) is 2.99. The van der Waals surface area contributed by atoms with Crippen molar-refractivity contribution in [2.45, 2.75) is 45.6 Å². The van der Waals surface area contributed by atoms with Crippen LogP contribution in [0.4, 0.5) is 0 Å². The molecule has 0 spiro atoms. The average Bonchev–Trinajstić information content (AvgIpc) is 2.47. The molecule has 2 atom stereocenters. The van der Waals surface area contributed by atoms with Crippen LogP contribution in [0.25, 0.3) is 0 Å². The number of hydrogen-bond donors (Lipinski definition) is 1. The summed E-state index contributed by atoms with van der Waals surface area (Å²) in [6.45, 7) is 4.61. The normalized spacial score (nSPS) is 22.1. The van der Waals surface area contributed by atoms with E-state index in [1.807, 2.05) is 31.2 Å². The molecule has 1 aliphatic heterocycles. The highest BCUT2D eigenvalue weighted by molar-refractivity contribution is 5.80. The smallest absolute Gasteiger partial charge is 0.308 e. The third kappa shape index (κ3) is 3.63. The number of carboxylic acid groups (broad SMARTS) is 1. The number of piperidine rings is 1. The van der Waals surface area contributed by atoms with Gasteiger partial charge in [0.2, 0.25) is 5.91 Å². The van der Waals surface area contributed by atoms with Crippen molar-refractivity contribution in [2.75, 3.05) is 6.54 Å². The first kappa shape index (κ1) is 15.5. The predicted molar refractivity (Wildman–Crippen MR) is 81.1 cm³/mol. The van der Waals surface area contributed by atoms with Crippen molar-refractivity contribution in [3.8, 4) is 0 Å². The summed E-state index contributed by atoms with van der Waals surface area (Å²) in [5.74, 6) is -1.21. The molecule has 4 heteroatoms. The molecular weight excluding hydrogens is 266 g/mol. The van der Waals surface area contributed by atoms with Gasteiger partial charge < -0.3 is 10.0 Å². The lowest BCUT2D eigenvalue weighted by Gasteiger charge is -2.37. The molecule has 0 unspecified atom stereocenters. The molecule has 1 saturated heterocycles. The number of likely N-dealkylation sites (tertiary alicyclic amines) is 1. The van der Waals surface area contributed by atoms with Crippen LogP contribution in [0.2, 0.25) is 0 Å². The SMILES string of the molecule is CCc1ccc(CC(=O)N2CCC[C@H](C(=O)O)[C@@H]2C)cc1. The molecule has 0 saturated carbocycles. The Morgan fingerprint density at radius 3 is 2.43 bits per heavy atom. The summed E-state index contributed by atoms with van der Waals surface area (Å²) in [6.07, 6.45) is 2.76. The molecule has 1 fully saturated rings. The highest BCUT2D eigenvalue weighted by Crippen LogP contribution is 2.24. The number of carbonyl (C=O) groups excluding carboxylic acids is 1. The molecule has 0 aromatic heterocycles. The highest BCUT2D eigenvalue weighted by Gasteiger charge is 2.35. The average molecular weight is 289 g/mol. The first-order chi connectivity index (χ1) is 10.0.